The molecular weight excluding hydrogens is 364 g/mol. The van der Waals surface area contributed by atoms with Gasteiger partial charge in [-0.1, -0.05) is 0 Å². The molecule has 0 saturated heterocycles. The number of halogens is 4. The molecule has 4 aromatic rings. The molecule has 0 bridgehead atoms. The number of H-pyrrole nitrogens is 1. The Morgan fingerprint density at radius 2 is 2.00 bits per heavy atom. The summed E-state index contributed by atoms with van der Waals surface area (Å²) in [6.07, 6.45) is 2.03. The first kappa shape index (κ1) is 17.3. The zero-order chi connectivity index (χ0) is 19.3. The Morgan fingerprint density at radius 1 is 1.22 bits per heavy atom. The predicted molar refractivity (Wildman–Crippen MR) is 91.9 cm³/mol. The zero-order valence-corrected chi connectivity index (χ0v) is 14.3. The molecule has 0 saturated carbocycles. The SMILES string of the molecule is Cc1cn2cc(-c3c[nH]c4nc(N[C@H](C)C(F)(F)F)ncc34)cc(F)c2n1. The summed E-state index contributed by atoms with van der Waals surface area (Å²) in [5, 5.41) is 2.78. The molecule has 0 aliphatic carbocycles. The fourth-order valence-corrected chi connectivity index (χ4v) is 2.82. The number of alkyl halides is 3. The molecule has 0 fully saturated rings. The predicted octanol–water partition coefficient (Wildman–Crippen LogP) is 4.08. The minimum atomic E-state index is -4.41. The molecule has 0 aliphatic heterocycles. The third kappa shape index (κ3) is 3.07. The minimum absolute atomic E-state index is 0.146. The number of rotatable bonds is 3. The molecule has 27 heavy (non-hydrogen) atoms. The zero-order valence-electron chi connectivity index (χ0n) is 14.3. The molecule has 0 aliphatic rings. The van der Waals surface area contributed by atoms with Gasteiger partial charge >= 0.3 is 6.18 Å². The molecule has 0 spiro atoms. The van der Waals surface area contributed by atoms with Gasteiger partial charge in [-0.25, -0.2) is 14.4 Å². The van der Waals surface area contributed by atoms with E-state index in [0.29, 0.717) is 27.9 Å². The van der Waals surface area contributed by atoms with Crippen molar-refractivity contribution in [1.82, 2.24) is 24.3 Å². The Bertz CT molecular complexity index is 1140. The lowest BCUT2D eigenvalue weighted by Gasteiger charge is -2.16. The molecule has 2 N–H and O–H groups in total. The van der Waals surface area contributed by atoms with E-state index in [1.807, 2.05) is 0 Å². The smallest absolute Gasteiger partial charge is 0.345 e. The van der Waals surface area contributed by atoms with E-state index in [9.17, 15) is 17.6 Å². The first-order valence-corrected chi connectivity index (χ1v) is 8.05. The Hall–Kier alpha value is -3.17. The molecule has 4 heterocycles. The van der Waals surface area contributed by atoms with Gasteiger partial charge in [0.15, 0.2) is 11.5 Å². The van der Waals surface area contributed by atoms with Crippen LogP contribution < -0.4 is 5.32 Å². The maximum Gasteiger partial charge on any atom is 0.408 e. The van der Waals surface area contributed by atoms with Gasteiger partial charge in [0.1, 0.15) is 11.7 Å². The van der Waals surface area contributed by atoms with Crippen molar-refractivity contribution in [3.05, 3.63) is 42.4 Å². The third-order valence-corrected chi connectivity index (χ3v) is 4.21. The van der Waals surface area contributed by atoms with Crippen LogP contribution in [0.2, 0.25) is 0 Å². The third-order valence-electron chi connectivity index (χ3n) is 4.21. The van der Waals surface area contributed by atoms with Crippen LogP contribution in [0.5, 0.6) is 0 Å². The van der Waals surface area contributed by atoms with E-state index < -0.39 is 18.0 Å². The maximum atomic E-state index is 14.3. The fourth-order valence-electron chi connectivity index (χ4n) is 2.82. The highest BCUT2D eigenvalue weighted by Crippen LogP contribution is 2.30. The number of aromatic amines is 1. The van der Waals surface area contributed by atoms with Gasteiger partial charge in [-0.05, 0) is 19.9 Å². The second-order valence-corrected chi connectivity index (χ2v) is 6.26. The second kappa shape index (κ2) is 5.93. The molecular formula is C17H14F4N6. The molecule has 10 heteroatoms. The van der Waals surface area contributed by atoms with Crippen LogP contribution in [0, 0.1) is 12.7 Å². The topological polar surface area (TPSA) is 70.9 Å². The van der Waals surface area contributed by atoms with Crippen LogP contribution in [0.4, 0.5) is 23.5 Å². The molecule has 0 unspecified atom stereocenters. The normalized spacial score (nSPS) is 13.4. The second-order valence-electron chi connectivity index (χ2n) is 6.26. The summed E-state index contributed by atoms with van der Waals surface area (Å²) in [4.78, 5) is 15.0. The lowest BCUT2D eigenvalue weighted by molar-refractivity contribution is -0.138. The summed E-state index contributed by atoms with van der Waals surface area (Å²) < 4.78 is 53.9. The van der Waals surface area contributed by atoms with Crippen molar-refractivity contribution in [2.45, 2.75) is 26.1 Å². The number of anilines is 1. The number of imidazole rings is 1. The molecule has 1 atom stereocenters. The van der Waals surface area contributed by atoms with Crippen LogP contribution in [-0.2, 0) is 0 Å². The summed E-state index contributed by atoms with van der Waals surface area (Å²) in [6, 6.07) is -0.437. The summed E-state index contributed by atoms with van der Waals surface area (Å²) in [5.41, 5.74) is 2.45. The van der Waals surface area contributed by atoms with Crippen LogP contribution in [0.25, 0.3) is 27.8 Å². The lowest BCUT2D eigenvalue weighted by Crippen LogP contribution is -2.33. The van der Waals surface area contributed by atoms with Crippen molar-refractivity contribution >= 4 is 22.6 Å². The van der Waals surface area contributed by atoms with Crippen molar-refractivity contribution in [3.63, 3.8) is 0 Å². The summed E-state index contributed by atoms with van der Waals surface area (Å²) in [6.45, 7) is 2.75. The van der Waals surface area contributed by atoms with E-state index in [1.165, 1.54) is 12.3 Å². The summed E-state index contributed by atoms with van der Waals surface area (Å²) >= 11 is 0. The number of nitrogens with one attached hydrogen (secondary N) is 2. The van der Waals surface area contributed by atoms with Gasteiger partial charge in [0.2, 0.25) is 5.95 Å². The lowest BCUT2D eigenvalue weighted by atomic mass is 10.1. The van der Waals surface area contributed by atoms with E-state index in [1.54, 1.807) is 29.9 Å². The van der Waals surface area contributed by atoms with Crippen molar-refractivity contribution < 1.29 is 17.6 Å². The van der Waals surface area contributed by atoms with Crippen LogP contribution in [0.15, 0.2) is 30.9 Å². The molecule has 4 rings (SSSR count). The number of hydrogen-bond donors (Lipinski definition) is 2. The van der Waals surface area contributed by atoms with Crippen LogP contribution >= 0.6 is 0 Å². The van der Waals surface area contributed by atoms with Crippen LogP contribution in [0.1, 0.15) is 12.6 Å². The van der Waals surface area contributed by atoms with Crippen molar-refractivity contribution in [3.8, 4) is 11.1 Å². The Morgan fingerprint density at radius 3 is 2.74 bits per heavy atom. The summed E-state index contributed by atoms with van der Waals surface area (Å²) in [7, 11) is 0. The van der Waals surface area contributed by atoms with Gasteiger partial charge in [0, 0.05) is 41.3 Å². The quantitative estimate of drug-likeness (QED) is 0.527. The largest absolute Gasteiger partial charge is 0.408 e. The van der Waals surface area contributed by atoms with E-state index in [0.717, 1.165) is 6.92 Å². The van der Waals surface area contributed by atoms with Crippen molar-refractivity contribution in [2.24, 2.45) is 0 Å². The van der Waals surface area contributed by atoms with Crippen molar-refractivity contribution in [2.75, 3.05) is 5.32 Å². The van der Waals surface area contributed by atoms with Crippen LogP contribution in [0.3, 0.4) is 0 Å². The highest BCUT2D eigenvalue weighted by Gasteiger charge is 2.36. The Balaban J connectivity index is 1.74. The van der Waals surface area contributed by atoms with Gasteiger partial charge in [-0.15, -0.1) is 0 Å². The maximum absolute atomic E-state index is 14.3. The van der Waals surface area contributed by atoms with Gasteiger partial charge in [0.05, 0.1) is 5.69 Å². The number of aromatic nitrogens is 5. The first-order valence-electron chi connectivity index (χ1n) is 8.05. The molecule has 0 amide bonds. The van der Waals surface area contributed by atoms with Crippen molar-refractivity contribution in [1.29, 1.82) is 0 Å². The van der Waals surface area contributed by atoms with E-state index in [4.69, 9.17) is 0 Å². The van der Waals surface area contributed by atoms with E-state index in [-0.39, 0.29) is 11.6 Å². The number of aryl methyl sites for hydroxylation is 1. The minimum Gasteiger partial charge on any atom is -0.345 e. The highest BCUT2D eigenvalue weighted by atomic mass is 19.4. The number of hydrogen-bond acceptors (Lipinski definition) is 4. The monoisotopic (exact) mass is 378 g/mol. The number of pyridine rings is 1. The van der Waals surface area contributed by atoms with E-state index in [2.05, 4.69) is 25.3 Å². The van der Waals surface area contributed by atoms with Gasteiger partial charge in [-0.2, -0.15) is 18.2 Å². The van der Waals surface area contributed by atoms with Gasteiger partial charge < -0.3 is 14.7 Å². The number of fused-ring (bicyclic) bond motifs is 2. The Kier molecular flexibility index (Phi) is 3.79. The highest BCUT2D eigenvalue weighted by molar-refractivity contribution is 5.93. The van der Waals surface area contributed by atoms with Gasteiger partial charge in [0.25, 0.3) is 0 Å². The van der Waals surface area contributed by atoms with E-state index >= 15 is 0 Å². The molecule has 4 aromatic heterocycles. The fraction of sp³-hybridized carbons (Fsp3) is 0.235. The average molecular weight is 378 g/mol. The average Bonchev–Trinajstić information content (AvgIpc) is 3.16. The Labute approximate surface area is 150 Å². The number of nitrogens with zero attached hydrogens (tertiary/aromatic N) is 4. The van der Waals surface area contributed by atoms with Gasteiger partial charge in [-0.3, -0.25) is 0 Å². The molecule has 140 valence electrons. The summed E-state index contributed by atoms with van der Waals surface area (Å²) in [5.74, 6) is -0.624. The molecule has 0 radical (unpaired) electrons. The first-order chi connectivity index (χ1) is 12.7. The standard InChI is InChI=1S/C17H14F4N6/c1-8-6-27-7-10(3-13(18)15(27)24-8)11-4-22-14-12(11)5-23-16(26-14)25-9(2)17(19,20)21/h3-7,9H,1-2H3,(H2,22,23,25,26)/t9-/m1/s1. The molecule has 6 nitrogen and oxygen atoms in total. The molecule has 0 aromatic carbocycles. The van der Waals surface area contributed by atoms with Crippen LogP contribution in [-0.4, -0.2) is 36.6 Å².